The van der Waals surface area contributed by atoms with Crippen LogP contribution in [0.3, 0.4) is 0 Å². The minimum absolute atomic E-state index is 0.0719. The van der Waals surface area contributed by atoms with Crippen molar-refractivity contribution in [1.29, 1.82) is 0 Å². The Labute approximate surface area is 252 Å². The summed E-state index contributed by atoms with van der Waals surface area (Å²) in [6.07, 6.45) is 3.09. The molecule has 3 aliphatic rings. The van der Waals surface area contributed by atoms with E-state index in [9.17, 15) is 0 Å². The van der Waals surface area contributed by atoms with E-state index in [-0.39, 0.29) is 36.1 Å². The van der Waals surface area contributed by atoms with Gasteiger partial charge in [0, 0.05) is 55.7 Å². The Hall–Kier alpha value is -2.58. The first-order chi connectivity index (χ1) is 20.2. The van der Waals surface area contributed by atoms with Gasteiger partial charge < -0.3 is 32.5 Å². The molecule has 2 unspecified atom stereocenters. The molecule has 0 spiro atoms. The molecule has 42 heavy (non-hydrogen) atoms. The van der Waals surface area contributed by atoms with Crippen LogP contribution in [-0.2, 0) is 16.2 Å². The van der Waals surface area contributed by atoms with Crippen molar-refractivity contribution in [3.05, 3.63) is 106 Å². The van der Waals surface area contributed by atoms with E-state index in [0.717, 1.165) is 19.3 Å². The average molecular weight is 574 g/mol. The summed E-state index contributed by atoms with van der Waals surface area (Å²) in [7, 11) is 0. The van der Waals surface area contributed by atoms with Gasteiger partial charge in [-0.3, -0.25) is 0 Å². The molecule has 0 saturated heterocycles. The summed E-state index contributed by atoms with van der Waals surface area (Å²) >= 11 is 0. The van der Waals surface area contributed by atoms with E-state index in [1.807, 2.05) is 0 Å². The van der Waals surface area contributed by atoms with Gasteiger partial charge in [0.25, 0.3) is 0 Å². The van der Waals surface area contributed by atoms with Crippen molar-refractivity contribution in [1.82, 2.24) is 0 Å². The number of aliphatic hydroxyl groups excluding tert-OH is 3. The van der Waals surface area contributed by atoms with Gasteiger partial charge in [0.2, 0.25) is 0 Å². The van der Waals surface area contributed by atoms with Crippen LogP contribution in [-0.4, -0.2) is 54.8 Å². The molecule has 6 atom stereocenters. The highest BCUT2D eigenvalue weighted by molar-refractivity contribution is 5.38. The third-order valence-electron chi connectivity index (χ3n) is 10.3. The topological polar surface area (TPSA) is 139 Å². The fraction of sp³-hybridized carbons (Fsp3) is 0.500. The van der Waals surface area contributed by atoms with Gasteiger partial charge in [-0.05, 0) is 74.5 Å². The molecule has 3 fully saturated rings. The molecule has 3 aromatic rings. The predicted molar refractivity (Wildman–Crippen MR) is 171 cm³/mol. The lowest BCUT2D eigenvalue weighted by Crippen LogP contribution is -2.23. The summed E-state index contributed by atoms with van der Waals surface area (Å²) < 4.78 is 0. The van der Waals surface area contributed by atoms with Crippen LogP contribution in [0.2, 0.25) is 0 Å². The molecule has 6 nitrogen and oxygen atoms in total. The highest BCUT2D eigenvalue weighted by Crippen LogP contribution is 2.54. The lowest BCUT2D eigenvalue weighted by molar-refractivity contribution is 0.264. The number of aliphatic hydroxyl groups is 3. The fourth-order valence-corrected chi connectivity index (χ4v) is 6.68. The standard InChI is InChI=1S/3C12H17NO/c3*1-9-2-4-10(5-3-9)12(8-13)6-11(12)7-14/h3*2-5,11,14H,6-8,13H2,1H3/t2*11-,12+;/m10./s1. The number of rotatable bonds is 9. The molecule has 0 heterocycles. The monoisotopic (exact) mass is 573 g/mol. The number of aryl methyl sites for hydroxylation is 3. The Morgan fingerprint density at radius 1 is 0.476 bits per heavy atom. The fourth-order valence-electron chi connectivity index (χ4n) is 6.68. The van der Waals surface area contributed by atoms with Crippen molar-refractivity contribution >= 4 is 0 Å². The second-order valence-corrected chi connectivity index (χ2v) is 12.9. The molecule has 0 aliphatic heterocycles. The highest BCUT2D eigenvalue weighted by atomic mass is 16.3. The zero-order valence-corrected chi connectivity index (χ0v) is 25.6. The molecular weight excluding hydrogens is 522 g/mol. The second kappa shape index (κ2) is 13.4. The predicted octanol–water partition coefficient (Wildman–Crippen LogP) is 3.61. The van der Waals surface area contributed by atoms with E-state index in [4.69, 9.17) is 32.5 Å². The summed E-state index contributed by atoms with van der Waals surface area (Å²) in [6.45, 7) is 8.92. The molecule has 3 aromatic carbocycles. The Morgan fingerprint density at radius 3 is 0.833 bits per heavy atom. The van der Waals surface area contributed by atoms with E-state index in [2.05, 4.69) is 93.6 Å². The molecule has 0 bridgehead atoms. The summed E-state index contributed by atoms with van der Waals surface area (Å²) in [4.78, 5) is 0. The highest BCUT2D eigenvalue weighted by Gasteiger charge is 2.55. The minimum atomic E-state index is 0.0719. The normalized spacial score (nSPS) is 30.4. The Kier molecular flexibility index (Phi) is 10.3. The lowest BCUT2D eigenvalue weighted by atomic mass is 9.93. The van der Waals surface area contributed by atoms with Crippen LogP contribution in [0.25, 0.3) is 0 Å². The summed E-state index contributed by atoms with van der Waals surface area (Å²) in [6, 6.07) is 25.5. The SMILES string of the molecule is Cc1ccc(C2(CN)CC2CO)cc1.Cc1ccc([C@@]2(CN)C[C@@H]2CO)cc1.Cc1ccc([C@]2(CN)C[C@H]2CO)cc1. The van der Waals surface area contributed by atoms with Gasteiger partial charge in [0.05, 0.1) is 0 Å². The van der Waals surface area contributed by atoms with Crippen molar-refractivity contribution in [2.75, 3.05) is 39.5 Å². The van der Waals surface area contributed by atoms with Gasteiger partial charge in [-0.1, -0.05) is 89.5 Å². The zero-order valence-electron chi connectivity index (χ0n) is 25.6. The lowest BCUT2D eigenvalue weighted by Gasteiger charge is -2.15. The van der Waals surface area contributed by atoms with Crippen molar-refractivity contribution < 1.29 is 15.3 Å². The van der Waals surface area contributed by atoms with E-state index < -0.39 is 0 Å². The molecule has 6 heteroatoms. The van der Waals surface area contributed by atoms with Crippen LogP contribution < -0.4 is 17.2 Å². The van der Waals surface area contributed by atoms with Crippen molar-refractivity contribution in [3.63, 3.8) is 0 Å². The molecular formula is C36H51N3O3. The van der Waals surface area contributed by atoms with Gasteiger partial charge >= 0.3 is 0 Å². The molecule has 9 N–H and O–H groups in total. The van der Waals surface area contributed by atoms with Gasteiger partial charge in [-0.15, -0.1) is 0 Å². The van der Waals surface area contributed by atoms with Crippen molar-refractivity contribution in [3.8, 4) is 0 Å². The third kappa shape index (κ3) is 6.49. The first-order valence-electron chi connectivity index (χ1n) is 15.3. The van der Waals surface area contributed by atoms with Crippen molar-refractivity contribution in [2.45, 2.75) is 56.3 Å². The summed E-state index contributed by atoms with van der Waals surface area (Å²) in [5, 5.41) is 27.4. The average Bonchev–Trinajstić information content (AvgIpc) is 3.95. The van der Waals surface area contributed by atoms with Crippen LogP contribution >= 0.6 is 0 Å². The van der Waals surface area contributed by atoms with Crippen LogP contribution in [0.1, 0.15) is 52.6 Å². The molecule has 228 valence electrons. The van der Waals surface area contributed by atoms with Crippen LogP contribution in [0.15, 0.2) is 72.8 Å². The number of hydrogen-bond donors (Lipinski definition) is 6. The molecule has 6 rings (SSSR count). The van der Waals surface area contributed by atoms with Crippen LogP contribution in [0.5, 0.6) is 0 Å². The van der Waals surface area contributed by atoms with Crippen molar-refractivity contribution in [2.24, 2.45) is 35.0 Å². The van der Waals surface area contributed by atoms with Crippen LogP contribution in [0.4, 0.5) is 0 Å². The van der Waals surface area contributed by atoms with Gasteiger partial charge in [0.15, 0.2) is 0 Å². The number of hydrogen-bond acceptors (Lipinski definition) is 6. The van der Waals surface area contributed by atoms with E-state index in [1.54, 1.807) is 0 Å². The largest absolute Gasteiger partial charge is 0.396 e. The van der Waals surface area contributed by atoms with Crippen LogP contribution in [0, 0.1) is 38.5 Å². The first kappa shape index (κ1) is 32.3. The first-order valence-corrected chi connectivity index (χ1v) is 15.3. The van der Waals surface area contributed by atoms with E-state index in [0.29, 0.717) is 37.4 Å². The summed E-state index contributed by atoms with van der Waals surface area (Å²) in [5.74, 6) is 1.11. The van der Waals surface area contributed by atoms with Gasteiger partial charge in [0.1, 0.15) is 0 Å². The smallest absolute Gasteiger partial charge is 0.0468 e. The maximum Gasteiger partial charge on any atom is 0.0468 e. The zero-order chi connectivity index (χ0) is 30.5. The molecule has 0 aromatic heterocycles. The Morgan fingerprint density at radius 2 is 0.690 bits per heavy atom. The molecule has 3 saturated carbocycles. The number of nitrogens with two attached hydrogens (primary N) is 3. The second-order valence-electron chi connectivity index (χ2n) is 12.9. The third-order valence-corrected chi connectivity index (χ3v) is 10.3. The summed E-state index contributed by atoms with van der Waals surface area (Å²) in [5.41, 5.74) is 25.2. The Bertz CT molecular complexity index is 1120. The van der Waals surface area contributed by atoms with E-state index >= 15 is 0 Å². The van der Waals surface area contributed by atoms with Gasteiger partial charge in [-0.2, -0.15) is 0 Å². The Balaban J connectivity index is 0.000000145. The molecule has 3 aliphatic carbocycles. The quantitative estimate of drug-likeness (QED) is 0.231. The number of benzene rings is 3. The maximum atomic E-state index is 9.13. The minimum Gasteiger partial charge on any atom is -0.396 e. The van der Waals surface area contributed by atoms with Gasteiger partial charge in [-0.25, -0.2) is 0 Å². The van der Waals surface area contributed by atoms with E-state index in [1.165, 1.54) is 33.4 Å². The molecule has 0 amide bonds. The maximum absolute atomic E-state index is 9.13. The molecule has 0 radical (unpaired) electrons.